The van der Waals surface area contributed by atoms with Crippen LogP contribution in [0.25, 0.3) is 0 Å². The number of methoxy groups -OCH3 is 1. The van der Waals surface area contributed by atoms with Gasteiger partial charge in [0.2, 0.25) is 0 Å². The third kappa shape index (κ3) is 2.41. The van der Waals surface area contributed by atoms with Crippen molar-refractivity contribution in [2.24, 2.45) is 9.98 Å². The van der Waals surface area contributed by atoms with Crippen LogP contribution < -0.4 is 0 Å². The van der Waals surface area contributed by atoms with Crippen molar-refractivity contribution in [3.63, 3.8) is 0 Å². The van der Waals surface area contributed by atoms with E-state index in [-0.39, 0.29) is 5.97 Å². The molecule has 0 unspecified atom stereocenters. The van der Waals surface area contributed by atoms with Gasteiger partial charge in [0.05, 0.1) is 18.4 Å². The number of aryl methyl sites for hydroxylation is 1. The van der Waals surface area contributed by atoms with E-state index in [1.807, 2.05) is 19.1 Å². The summed E-state index contributed by atoms with van der Waals surface area (Å²) in [4.78, 5) is 20.0. The summed E-state index contributed by atoms with van der Waals surface area (Å²) in [6.07, 6.45) is 2.30. The summed E-state index contributed by atoms with van der Waals surface area (Å²) in [5, 5.41) is 0. The molecule has 0 radical (unpaired) electrons. The van der Waals surface area contributed by atoms with E-state index in [0.29, 0.717) is 12.1 Å². The van der Waals surface area contributed by atoms with E-state index in [4.69, 9.17) is 4.74 Å². The van der Waals surface area contributed by atoms with E-state index in [9.17, 15) is 4.79 Å². The van der Waals surface area contributed by atoms with Gasteiger partial charge in [-0.05, 0) is 19.1 Å². The van der Waals surface area contributed by atoms with Crippen LogP contribution in [0.4, 0.5) is 0 Å². The first kappa shape index (κ1) is 11.5. The van der Waals surface area contributed by atoms with Gasteiger partial charge in [0.15, 0.2) is 0 Å². The molecule has 2 rings (SSSR count). The highest BCUT2D eigenvalue weighted by molar-refractivity contribution is 6.11. The van der Waals surface area contributed by atoms with Crippen molar-refractivity contribution in [1.29, 1.82) is 0 Å². The third-order valence-corrected chi connectivity index (χ3v) is 2.66. The lowest BCUT2D eigenvalue weighted by Gasteiger charge is -2.12. The van der Waals surface area contributed by atoms with Crippen LogP contribution in [0, 0.1) is 6.92 Å². The fourth-order valence-electron chi connectivity index (χ4n) is 1.79. The fourth-order valence-corrected chi connectivity index (χ4v) is 1.79. The number of carbonyl (C=O) groups excluding carboxylic acids is 1. The molecule has 1 aromatic rings. The molecule has 0 N–H and O–H groups in total. The van der Waals surface area contributed by atoms with Crippen molar-refractivity contribution in [2.75, 3.05) is 13.7 Å². The van der Waals surface area contributed by atoms with Gasteiger partial charge in [-0.25, -0.2) is 9.79 Å². The van der Waals surface area contributed by atoms with E-state index in [1.54, 1.807) is 12.4 Å². The van der Waals surface area contributed by atoms with Gasteiger partial charge in [0.25, 0.3) is 0 Å². The second-order valence-electron chi connectivity index (χ2n) is 3.89. The number of ether oxygens (including phenoxy) is 1. The van der Waals surface area contributed by atoms with Gasteiger partial charge in [0.1, 0.15) is 6.34 Å². The molecule has 0 spiro atoms. The highest BCUT2D eigenvalue weighted by Gasteiger charge is 2.16. The summed E-state index contributed by atoms with van der Waals surface area (Å²) in [5.74, 6) is -0.329. The molecule has 4 nitrogen and oxygen atoms in total. The molecule has 1 aliphatic rings. The Labute approximate surface area is 100 Å². The molecule has 88 valence electrons. The number of nitrogens with zero attached hydrogens (tertiary/aromatic N) is 2. The van der Waals surface area contributed by atoms with Crippen molar-refractivity contribution in [3.05, 3.63) is 34.9 Å². The summed E-state index contributed by atoms with van der Waals surface area (Å²) in [6.45, 7) is 2.70. The van der Waals surface area contributed by atoms with Crippen molar-refractivity contribution in [3.8, 4) is 0 Å². The monoisotopic (exact) mass is 230 g/mol. The zero-order valence-electron chi connectivity index (χ0n) is 9.93. The van der Waals surface area contributed by atoms with E-state index in [1.165, 1.54) is 7.11 Å². The predicted molar refractivity (Wildman–Crippen MR) is 67.0 cm³/mol. The molecule has 0 saturated carbocycles. The largest absolute Gasteiger partial charge is 0.465 e. The Morgan fingerprint density at radius 3 is 2.88 bits per heavy atom. The molecule has 1 heterocycles. The van der Waals surface area contributed by atoms with Gasteiger partial charge in [-0.3, -0.25) is 4.99 Å². The maximum Gasteiger partial charge on any atom is 0.338 e. The second-order valence-corrected chi connectivity index (χ2v) is 3.89. The van der Waals surface area contributed by atoms with Gasteiger partial charge < -0.3 is 4.74 Å². The normalized spacial score (nSPS) is 14.4. The smallest absolute Gasteiger partial charge is 0.338 e. The maximum absolute atomic E-state index is 11.7. The topological polar surface area (TPSA) is 51.0 Å². The Hall–Kier alpha value is -1.97. The van der Waals surface area contributed by atoms with Crippen molar-refractivity contribution < 1.29 is 9.53 Å². The van der Waals surface area contributed by atoms with E-state index in [2.05, 4.69) is 9.98 Å². The summed E-state index contributed by atoms with van der Waals surface area (Å²) in [6, 6.07) is 5.64. The second kappa shape index (κ2) is 4.91. The van der Waals surface area contributed by atoms with Crippen LogP contribution in [-0.2, 0) is 4.74 Å². The molecule has 1 aliphatic heterocycles. The van der Waals surface area contributed by atoms with E-state index in [0.717, 1.165) is 23.3 Å². The van der Waals surface area contributed by atoms with Crippen LogP contribution in [0.2, 0.25) is 0 Å². The summed E-state index contributed by atoms with van der Waals surface area (Å²) in [7, 11) is 1.39. The lowest BCUT2D eigenvalue weighted by atomic mass is 9.98. The summed E-state index contributed by atoms with van der Waals surface area (Å²) >= 11 is 0. The van der Waals surface area contributed by atoms with Gasteiger partial charge >= 0.3 is 5.97 Å². The number of hydrogen-bond acceptors (Lipinski definition) is 4. The molecule has 0 atom stereocenters. The Balaban J connectivity index is 2.50. The number of aliphatic imine (C=N–C) groups is 2. The lowest BCUT2D eigenvalue weighted by Crippen LogP contribution is -2.14. The van der Waals surface area contributed by atoms with Crippen molar-refractivity contribution >= 4 is 18.0 Å². The molecule has 0 aromatic heterocycles. The lowest BCUT2D eigenvalue weighted by molar-refractivity contribution is 0.0600. The van der Waals surface area contributed by atoms with Gasteiger partial charge in [-0.2, -0.15) is 0 Å². The molecule has 0 bridgehead atoms. The SMILES string of the molecule is COC(=O)c1ccc(C)cc1C1=NC=NCC1. The molecule has 17 heavy (non-hydrogen) atoms. The minimum absolute atomic E-state index is 0.329. The first-order valence-corrected chi connectivity index (χ1v) is 5.46. The fraction of sp³-hybridized carbons (Fsp3) is 0.308. The van der Waals surface area contributed by atoms with E-state index < -0.39 is 0 Å². The van der Waals surface area contributed by atoms with Crippen LogP contribution in [0.15, 0.2) is 28.2 Å². The summed E-state index contributed by atoms with van der Waals surface area (Å²) in [5.41, 5.74) is 3.40. The highest BCUT2D eigenvalue weighted by atomic mass is 16.5. The molecule has 0 fully saturated rings. The van der Waals surface area contributed by atoms with Crippen LogP contribution in [0.1, 0.15) is 27.9 Å². The zero-order valence-corrected chi connectivity index (χ0v) is 9.93. The van der Waals surface area contributed by atoms with Crippen LogP contribution in [-0.4, -0.2) is 31.7 Å². The Morgan fingerprint density at radius 2 is 2.24 bits per heavy atom. The van der Waals surface area contributed by atoms with Gasteiger partial charge in [0, 0.05) is 18.5 Å². The first-order chi connectivity index (χ1) is 8.22. The number of esters is 1. The highest BCUT2D eigenvalue weighted by Crippen LogP contribution is 2.17. The Bertz CT molecular complexity index is 504. The first-order valence-electron chi connectivity index (χ1n) is 5.46. The average Bonchev–Trinajstić information content (AvgIpc) is 2.39. The molecule has 0 amide bonds. The van der Waals surface area contributed by atoms with Crippen molar-refractivity contribution in [2.45, 2.75) is 13.3 Å². The quantitative estimate of drug-likeness (QED) is 0.730. The van der Waals surface area contributed by atoms with Gasteiger partial charge in [-0.15, -0.1) is 0 Å². The molecular weight excluding hydrogens is 216 g/mol. The number of rotatable bonds is 2. The number of hydrogen-bond donors (Lipinski definition) is 0. The Kier molecular flexibility index (Phi) is 3.32. The molecule has 0 saturated heterocycles. The number of carbonyl (C=O) groups is 1. The molecule has 0 aliphatic carbocycles. The molecule has 1 aromatic carbocycles. The standard InChI is InChI=1S/C13H14N2O2/c1-9-3-4-10(13(16)17-2)11(7-9)12-5-6-14-8-15-12/h3-4,7-8H,5-6H2,1-2H3. The van der Waals surface area contributed by atoms with Crippen molar-refractivity contribution in [1.82, 2.24) is 0 Å². The molecule has 4 heteroatoms. The maximum atomic E-state index is 11.7. The minimum Gasteiger partial charge on any atom is -0.465 e. The zero-order chi connectivity index (χ0) is 12.3. The molecular formula is C13H14N2O2. The van der Waals surface area contributed by atoms with Crippen LogP contribution in [0.5, 0.6) is 0 Å². The minimum atomic E-state index is -0.329. The Morgan fingerprint density at radius 1 is 1.41 bits per heavy atom. The summed E-state index contributed by atoms with van der Waals surface area (Å²) < 4.78 is 4.78. The van der Waals surface area contributed by atoms with Crippen LogP contribution >= 0.6 is 0 Å². The number of benzene rings is 1. The van der Waals surface area contributed by atoms with E-state index >= 15 is 0 Å². The third-order valence-electron chi connectivity index (χ3n) is 2.66. The van der Waals surface area contributed by atoms with Crippen LogP contribution in [0.3, 0.4) is 0 Å². The van der Waals surface area contributed by atoms with Gasteiger partial charge in [-0.1, -0.05) is 11.6 Å². The predicted octanol–water partition coefficient (Wildman–Crippen LogP) is 2.00. The average molecular weight is 230 g/mol.